The number of anilines is 1. The van der Waals surface area contributed by atoms with Crippen LogP contribution in [-0.4, -0.2) is 29.1 Å². The van der Waals surface area contributed by atoms with Crippen LogP contribution in [0.4, 0.5) is 10.1 Å². The molecule has 2 saturated carbocycles. The third-order valence-corrected chi connectivity index (χ3v) is 7.79. The van der Waals surface area contributed by atoms with Crippen molar-refractivity contribution in [3.8, 4) is 0 Å². The molecule has 29 heavy (non-hydrogen) atoms. The summed E-state index contributed by atoms with van der Waals surface area (Å²) in [6.07, 6.45) is 4.32. The Bertz CT molecular complexity index is 1060. The van der Waals surface area contributed by atoms with E-state index in [4.69, 9.17) is 16.7 Å². The highest BCUT2D eigenvalue weighted by atomic mass is 35.5. The van der Waals surface area contributed by atoms with E-state index in [0.717, 1.165) is 12.8 Å². The van der Waals surface area contributed by atoms with Gasteiger partial charge >= 0.3 is 0 Å². The molecule has 2 unspecified atom stereocenters. The minimum absolute atomic E-state index is 0.0685. The van der Waals surface area contributed by atoms with Crippen LogP contribution in [0, 0.1) is 17.7 Å². The van der Waals surface area contributed by atoms with Gasteiger partial charge in [-0.3, -0.25) is 4.79 Å². The summed E-state index contributed by atoms with van der Waals surface area (Å²) in [5.74, 6) is -0.261. The molecule has 10 heteroatoms. The number of carbonyl (C=O) groups excluding carboxylic acids is 1. The van der Waals surface area contributed by atoms with Crippen LogP contribution in [0.5, 0.6) is 0 Å². The average molecular weight is 441 g/mol. The molecule has 2 fully saturated rings. The van der Waals surface area contributed by atoms with E-state index >= 15 is 0 Å². The Labute approximate surface area is 173 Å². The fourth-order valence-corrected chi connectivity index (χ4v) is 6.05. The lowest BCUT2D eigenvalue weighted by Crippen LogP contribution is -2.26. The Morgan fingerprint density at radius 1 is 1.28 bits per heavy atom. The minimum atomic E-state index is -3.51. The number of nitrogens with two attached hydrogens (primary N) is 1. The molecule has 2 aliphatic carbocycles. The van der Waals surface area contributed by atoms with E-state index in [2.05, 4.69) is 10.3 Å². The molecule has 0 bridgehead atoms. The van der Waals surface area contributed by atoms with E-state index in [-0.39, 0.29) is 28.7 Å². The summed E-state index contributed by atoms with van der Waals surface area (Å²) in [6, 6.07) is 4.00. The van der Waals surface area contributed by atoms with Gasteiger partial charge in [0, 0.05) is 18.7 Å². The summed E-state index contributed by atoms with van der Waals surface area (Å²) in [4.78, 5) is 17.4. The number of sulfonamides is 1. The number of carbonyl (C=O) groups is 1. The van der Waals surface area contributed by atoms with Crippen molar-refractivity contribution >= 4 is 33.2 Å². The zero-order valence-corrected chi connectivity index (χ0v) is 17.4. The number of primary sulfonamides is 1. The smallest absolute Gasteiger partial charge is 0.274 e. The second-order valence-electron chi connectivity index (χ2n) is 8.04. The van der Waals surface area contributed by atoms with Crippen LogP contribution in [0.1, 0.15) is 47.8 Å². The Morgan fingerprint density at radius 3 is 2.52 bits per heavy atom. The van der Waals surface area contributed by atoms with Crippen LogP contribution in [0.15, 0.2) is 24.5 Å². The van der Waals surface area contributed by atoms with Gasteiger partial charge in [0.15, 0.2) is 0 Å². The van der Waals surface area contributed by atoms with Gasteiger partial charge < -0.3 is 9.88 Å². The summed E-state index contributed by atoms with van der Waals surface area (Å²) in [6.45, 7) is 0. The molecule has 0 aliphatic heterocycles. The number of benzene rings is 1. The Kier molecular flexibility index (Phi) is 5.16. The predicted molar refractivity (Wildman–Crippen MR) is 108 cm³/mol. The lowest BCUT2D eigenvalue weighted by atomic mass is 9.97. The van der Waals surface area contributed by atoms with E-state index in [9.17, 15) is 17.6 Å². The number of hydrogen-bond donors (Lipinski definition) is 2. The van der Waals surface area contributed by atoms with Gasteiger partial charge in [-0.2, -0.15) is 0 Å². The van der Waals surface area contributed by atoms with E-state index in [1.165, 1.54) is 18.2 Å². The number of nitrogens with one attached hydrogen (secondary N) is 1. The molecule has 0 spiro atoms. The number of amides is 1. The lowest BCUT2D eigenvalue weighted by molar-refractivity contribution is 0.101. The summed E-state index contributed by atoms with van der Waals surface area (Å²) >= 11 is 5.79. The maximum absolute atomic E-state index is 13.4. The molecule has 1 heterocycles. The highest BCUT2D eigenvalue weighted by Gasteiger charge is 2.46. The molecular weight excluding hydrogens is 419 g/mol. The zero-order chi connectivity index (χ0) is 20.9. The molecule has 1 amide bonds. The van der Waals surface area contributed by atoms with Gasteiger partial charge in [0.05, 0.1) is 22.3 Å². The van der Waals surface area contributed by atoms with Gasteiger partial charge in [-0.25, -0.2) is 22.9 Å². The first-order chi connectivity index (χ1) is 13.6. The third kappa shape index (κ3) is 3.91. The number of aromatic nitrogens is 2. The summed E-state index contributed by atoms with van der Waals surface area (Å²) < 4.78 is 38.3. The molecule has 0 radical (unpaired) electrons. The zero-order valence-electron chi connectivity index (χ0n) is 15.8. The third-order valence-electron chi connectivity index (χ3n) is 6.18. The molecular formula is C19H22ClFN4O3S. The van der Waals surface area contributed by atoms with E-state index in [0.29, 0.717) is 29.9 Å². The predicted octanol–water partition coefficient (Wildman–Crippen LogP) is 3.03. The van der Waals surface area contributed by atoms with E-state index in [1.54, 1.807) is 17.9 Å². The Morgan fingerprint density at radius 2 is 1.93 bits per heavy atom. The van der Waals surface area contributed by atoms with Crippen LogP contribution in [0.2, 0.25) is 5.02 Å². The monoisotopic (exact) mass is 440 g/mol. The molecule has 0 saturated heterocycles. The molecule has 1 aromatic carbocycles. The molecule has 1 aromatic heterocycles. The van der Waals surface area contributed by atoms with Gasteiger partial charge in [-0.1, -0.05) is 11.6 Å². The van der Waals surface area contributed by atoms with Crippen molar-refractivity contribution < 1.29 is 17.6 Å². The maximum atomic E-state index is 13.4. The van der Waals surface area contributed by atoms with Crippen molar-refractivity contribution in [2.45, 2.75) is 36.9 Å². The molecule has 3 N–H and O–H groups in total. The number of hydrogen-bond acceptors (Lipinski definition) is 4. The number of rotatable bonds is 4. The highest BCUT2D eigenvalue weighted by molar-refractivity contribution is 7.89. The normalized spacial score (nSPS) is 26.5. The fourth-order valence-electron chi connectivity index (χ4n) is 4.84. The number of fused-ring (bicyclic) bond motifs is 1. The van der Waals surface area contributed by atoms with Gasteiger partial charge in [-0.05, 0) is 55.7 Å². The molecule has 2 atom stereocenters. The first-order valence-corrected chi connectivity index (χ1v) is 11.4. The standard InChI is InChI=1S/C19H22ClFN4O3S/c1-25-9-23-17(12-4-10-6-14(29(22,27)28)7-11(10)5-12)18(25)19(26)24-13-2-3-16(21)15(20)8-13/h2-3,8-12,14H,4-7H2,1H3,(H,24,26)(H2,22,27,28). The van der Waals surface area contributed by atoms with Crippen LogP contribution in [0.25, 0.3) is 0 Å². The van der Waals surface area contributed by atoms with E-state index < -0.39 is 21.1 Å². The number of halogens is 2. The SMILES string of the molecule is Cn1cnc(C2CC3CC(S(N)(=O)=O)CC3C2)c1C(=O)Nc1ccc(F)c(Cl)c1. The van der Waals surface area contributed by atoms with Crippen molar-refractivity contribution in [3.63, 3.8) is 0 Å². The average Bonchev–Trinajstić information content (AvgIpc) is 3.29. The second kappa shape index (κ2) is 7.37. The molecule has 7 nitrogen and oxygen atoms in total. The van der Waals surface area contributed by atoms with Gasteiger partial charge in [0.25, 0.3) is 5.91 Å². The summed E-state index contributed by atoms with van der Waals surface area (Å²) in [5.41, 5.74) is 1.55. The van der Waals surface area contributed by atoms with Crippen LogP contribution < -0.4 is 10.5 Å². The van der Waals surface area contributed by atoms with Gasteiger partial charge in [0.1, 0.15) is 11.5 Å². The maximum Gasteiger partial charge on any atom is 0.274 e. The Balaban J connectivity index is 1.51. The molecule has 4 rings (SSSR count). The number of imidazole rings is 1. The quantitative estimate of drug-likeness (QED) is 0.761. The van der Waals surface area contributed by atoms with Gasteiger partial charge in [-0.15, -0.1) is 0 Å². The highest BCUT2D eigenvalue weighted by Crippen LogP contribution is 2.51. The summed E-state index contributed by atoms with van der Waals surface area (Å²) in [5, 5.41) is 7.54. The van der Waals surface area contributed by atoms with Crippen molar-refractivity contribution in [2.75, 3.05) is 5.32 Å². The van der Waals surface area contributed by atoms with Gasteiger partial charge in [0.2, 0.25) is 10.0 Å². The van der Waals surface area contributed by atoms with Crippen molar-refractivity contribution in [2.24, 2.45) is 24.0 Å². The van der Waals surface area contributed by atoms with Crippen LogP contribution in [-0.2, 0) is 17.1 Å². The number of nitrogens with zero attached hydrogens (tertiary/aromatic N) is 2. The first kappa shape index (κ1) is 20.3. The van der Waals surface area contributed by atoms with Crippen LogP contribution in [0.3, 0.4) is 0 Å². The second-order valence-corrected chi connectivity index (χ2v) is 10.3. The van der Waals surface area contributed by atoms with Crippen LogP contribution >= 0.6 is 11.6 Å². The molecule has 2 aromatic rings. The largest absolute Gasteiger partial charge is 0.329 e. The van der Waals surface area contributed by atoms with Crippen molar-refractivity contribution in [3.05, 3.63) is 46.8 Å². The van der Waals surface area contributed by atoms with Crippen molar-refractivity contribution in [1.82, 2.24) is 9.55 Å². The van der Waals surface area contributed by atoms with E-state index in [1.807, 2.05) is 0 Å². The first-order valence-electron chi connectivity index (χ1n) is 9.42. The topological polar surface area (TPSA) is 107 Å². The summed E-state index contributed by atoms with van der Waals surface area (Å²) in [7, 11) is -1.76. The lowest BCUT2D eigenvalue weighted by Gasteiger charge is -2.14. The minimum Gasteiger partial charge on any atom is -0.329 e. The number of aryl methyl sites for hydroxylation is 1. The fraction of sp³-hybridized carbons (Fsp3) is 0.474. The van der Waals surface area contributed by atoms with Crippen molar-refractivity contribution in [1.29, 1.82) is 0 Å². The molecule has 2 aliphatic rings. The molecule has 156 valence electrons. The Hall–Kier alpha value is -1.97.